The molecule has 5 heteroatoms. The number of hydrogen-bond donors (Lipinski definition) is 1. The van der Waals surface area contributed by atoms with Gasteiger partial charge in [0.25, 0.3) is 0 Å². The number of carboxylic acid groups (broad SMARTS) is 1. The molecule has 0 fully saturated rings. The summed E-state index contributed by atoms with van der Waals surface area (Å²) in [6.45, 7) is 8.35. The van der Waals surface area contributed by atoms with Crippen LogP contribution in [0.15, 0.2) is 41.4 Å². The third-order valence-corrected chi connectivity index (χ3v) is 5.35. The van der Waals surface area contributed by atoms with E-state index in [0.717, 1.165) is 33.8 Å². The highest BCUT2D eigenvalue weighted by molar-refractivity contribution is 5.92. The summed E-state index contributed by atoms with van der Waals surface area (Å²) in [4.78, 5) is 17.9. The summed E-state index contributed by atoms with van der Waals surface area (Å²) in [5.74, 6) is -0.191. The molecule has 2 aromatic carbocycles. The molecular weight excluding hydrogens is 352 g/mol. The second-order valence-electron chi connectivity index (χ2n) is 7.72. The molecule has 0 saturated carbocycles. The van der Waals surface area contributed by atoms with Crippen molar-refractivity contribution >= 4 is 29.1 Å². The zero-order chi connectivity index (χ0) is 20.6. The molecule has 0 aliphatic carbocycles. The van der Waals surface area contributed by atoms with Gasteiger partial charge in [-0.25, -0.2) is 4.79 Å². The van der Waals surface area contributed by atoms with Crippen molar-refractivity contribution < 1.29 is 14.6 Å². The number of fused-ring (bicyclic) bond motifs is 1. The van der Waals surface area contributed by atoms with Gasteiger partial charge in [-0.1, -0.05) is 6.08 Å². The topological polar surface area (TPSA) is 62.1 Å². The maximum Gasteiger partial charge on any atom is 0.335 e. The molecule has 0 atom stereocenters. The molecule has 0 radical (unpaired) electrons. The molecule has 1 aliphatic heterocycles. The average molecular weight is 378 g/mol. The van der Waals surface area contributed by atoms with E-state index in [1.807, 2.05) is 6.92 Å². The van der Waals surface area contributed by atoms with Crippen LogP contribution >= 0.6 is 0 Å². The number of ether oxygens (including phenoxy) is 1. The standard InChI is InChI=1S/C23H26N2O3/c1-14-9-16(22(26)27)7-8-19(14)24-13-17-10-18-15(2)12-23(3,4)25(5)20(18)11-21(17)28-6/h7-13H,1-6H3,(H,26,27). The molecular formula is C23H26N2O3. The van der Waals surface area contributed by atoms with Gasteiger partial charge in [0, 0.05) is 36.1 Å². The highest BCUT2D eigenvalue weighted by Crippen LogP contribution is 2.41. The van der Waals surface area contributed by atoms with E-state index in [0.29, 0.717) is 0 Å². The van der Waals surface area contributed by atoms with Crippen molar-refractivity contribution in [2.75, 3.05) is 19.1 Å². The number of allylic oxidation sites excluding steroid dienone is 1. The minimum Gasteiger partial charge on any atom is -0.496 e. The third-order valence-electron chi connectivity index (χ3n) is 5.35. The molecule has 0 bridgehead atoms. The van der Waals surface area contributed by atoms with Crippen molar-refractivity contribution in [2.24, 2.45) is 4.99 Å². The molecule has 2 aromatic rings. The van der Waals surface area contributed by atoms with E-state index in [1.54, 1.807) is 31.5 Å². The first kappa shape index (κ1) is 19.7. The summed E-state index contributed by atoms with van der Waals surface area (Å²) in [5, 5.41) is 9.11. The number of carbonyl (C=O) groups is 1. The van der Waals surface area contributed by atoms with Crippen LogP contribution in [-0.2, 0) is 0 Å². The fraction of sp³-hybridized carbons (Fsp3) is 0.304. The van der Waals surface area contributed by atoms with Crippen molar-refractivity contribution in [1.29, 1.82) is 0 Å². The van der Waals surface area contributed by atoms with Gasteiger partial charge in [0.15, 0.2) is 0 Å². The summed E-state index contributed by atoms with van der Waals surface area (Å²) in [5.41, 5.74) is 6.11. The molecule has 1 heterocycles. The van der Waals surface area contributed by atoms with E-state index in [4.69, 9.17) is 9.84 Å². The molecule has 28 heavy (non-hydrogen) atoms. The zero-order valence-electron chi connectivity index (χ0n) is 17.2. The lowest BCUT2D eigenvalue weighted by molar-refractivity contribution is 0.0697. The van der Waals surface area contributed by atoms with Crippen LogP contribution in [-0.4, -0.2) is 37.0 Å². The Balaban J connectivity index is 2.03. The van der Waals surface area contributed by atoms with Crippen molar-refractivity contribution in [3.63, 3.8) is 0 Å². The summed E-state index contributed by atoms with van der Waals surface area (Å²) in [7, 11) is 3.74. The molecule has 5 nitrogen and oxygen atoms in total. The quantitative estimate of drug-likeness (QED) is 0.753. The lowest BCUT2D eigenvalue weighted by Crippen LogP contribution is -2.42. The number of anilines is 1. The van der Waals surface area contributed by atoms with Gasteiger partial charge in [-0.05, 0) is 63.1 Å². The second-order valence-corrected chi connectivity index (χ2v) is 7.72. The number of hydrogen-bond acceptors (Lipinski definition) is 4. The van der Waals surface area contributed by atoms with Gasteiger partial charge in [0.1, 0.15) is 5.75 Å². The van der Waals surface area contributed by atoms with E-state index in [1.165, 1.54) is 5.57 Å². The number of carboxylic acids is 1. The summed E-state index contributed by atoms with van der Waals surface area (Å²) >= 11 is 0. The number of methoxy groups -OCH3 is 1. The van der Waals surface area contributed by atoms with Crippen LogP contribution in [0.25, 0.3) is 5.57 Å². The number of aromatic carboxylic acids is 1. The van der Waals surface area contributed by atoms with Gasteiger partial charge < -0.3 is 14.7 Å². The van der Waals surface area contributed by atoms with Crippen molar-refractivity contribution in [2.45, 2.75) is 33.2 Å². The molecule has 1 N–H and O–H groups in total. The number of aryl methyl sites for hydroxylation is 1. The molecule has 0 saturated heterocycles. The fourth-order valence-electron chi connectivity index (χ4n) is 3.54. The molecule has 0 aromatic heterocycles. The molecule has 0 unspecified atom stereocenters. The predicted octanol–water partition coefficient (Wildman–Crippen LogP) is 5.08. The average Bonchev–Trinajstić information content (AvgIpc) is 2.64. The minimum absolute atomic E-state index is 0.0688. The Kier molecular flexibility index (Phi) is 5.02. The largest absolute Gasteiger partial charge is 0.496 e. The van der Waals surface area contributed by atoms with Crippen LogP contribution in [0.5, 0.6) is 5.75 Å². The number of nitrogens with zero attached hydrogens (tertiary/aromatic N) is 2. The summed E-state index contributed by atoms with van der Waals surface area (Å²) in [6.07, 6.45) is 4.03. The van der Waals surface area contributed by atoms with Gasteiger partial charge in [-0.2, -0.15) is 0 Å². The summed E-state index contributed by atoms with van der Waals surface area (Å²) in [6, 6.07) is 9.06. The smallest absolute Gasteiger partial charge is 0.335 e. The Hall–Kier alpha value is -3.08. The van der Waals surface area contributed by atoms with Crippen LogP contribution in [0, 0.1) is 6.92 Å². The highest BCUT2D eigenvalue weighted by atomic mass is 16.5. The number of likely N-dealkylation sites (N-methyl/N-ethyl adjacent to an activating group) is 1. The van der Waals surface area contributed by atoms with Gasteiger partial charge >= 0.3 is 5.97 Å². The van der Waals surface area contributed by atoms with E-state index in [9.17, 15) is 4.79 Å². The van der Waals surface area contributed by atoms with Crippen LogP contribution in [0.1, 0.15) is 47.8 Å². The van der Waals surface area contributed by atoms with Crippen LogP contribution < -0.4 is 9.64 Å². The summed E-state index contributed by atoms with van der Waals surface area (Å²) < 4.78 is 5.62. The van der Waals surface area contributed by atoms with E-state index >= 15 is 0 Å². The normalized spacial score (nSPS) is 15.4. The van der Waals surface area contributed by atoms with E-state index in [2.05, 4.69) is 55.9 Å². The Morgan fingerprint density at radius 2 is 1.93 bits per heavy atom. The van der Waals surface area contributed by atoms with Gasteiger partial charge in [0.2, 0.25) is 0 Å². The Morgan fingerprint density at radius 1 is 1.21 bits per heavy atom. The lowest BCUT2D eigenvalue weighted by Gasteiger charge is -2.40. The van der Waals surface area contributed by atoms with Crippen LogP contribution in [0.3, 0.4) is 0 Å². The second kappa shape index (κ2) is 7.15. The van der Waals surface area contributed by atoms with E-state index < -0.39 is 5.97 Å². The Labute approximate surface area is 166 Å². The van der Waals surface area contributed by atoms with Gasteiger partial charge in [-0.15, -0.1) is 0 Å². The van der Waals surface area contributed by atoms with Crippen molar-refractivity contribution in [1.82, 2.24) is 0 Å². The highest BCUT2D eigenvalue weighted by Gasteiger charge is 2.29. The zero-order valence-corrected chi connectivity index (χ0v) is 17.2. The molecule has 146 valence electrons. The Bertz CT molecular complexity index is 1000. The number of benzene rings is 2. The fourth-order valence-corrected chi connectivity index (χ4v) is 3.54. The molecule has 3 rings (SSSR count). The molecule has 0 amide bonds. The van der Waals surface area contributed by atoms with Crippen molar-refractivity contribution in [3.8, 4) is 5.75 Å². The SMILES string of the molecule is COc1cc2c(cc1C=Nc1ccc(C(=O)O)cc1C)C(C)=CC(C)(C)N2C. The minimum atomic E-state index is -0.940. The number of aliphatic imine (C=N–C) groups is 1. The monoisotopic (exact) mass is 378 g/mol. The Morgan fingerprint density at radius 3 is 2.54 bits per heavy atom. The maximum atomic E-state index is 11.1. The third kappa shape index (κ3) is 3.52. The first-order valence-electron chi connectivity index (χ1n) is 9.18. The maximum absolute atomic E-state index is 11.1. The molecule has 0 spiro atoms. The van der Waals surface area contributed by atoms with Crippen molar-refractivity contribution in [3.05, 3.63) is 58.7 Å². The van der Waals surface area contributed by atoms with Gasteiger partial charge in [0.05, 0.1) is 23.9 Å². The van der Waals surface area contributed by atoms with Crippen LogP contribution in [0.4, 0.5) is 11.4 Å². The van der Waals surface area contributed by atoms with E-state index in [-0.39, 0.29) is 11.1 Å². The molecule has 1 aliphatic rings. The first-order chi connectivity index (χ1) is 13.1. The predicted molar refractivity (Wildman–Crippen MR) is 115 cm³/mol. The first-order valence-corrected chi connectivity index (χ1v) is 9.18. The van der Waals surface area contributed by atoms with Crippen LogP contribution in [0.2, 0.25) is 0 Å². The lowest BCUT2D eigenvalue weighted by atomic mass is 9.88. The number of rotatable bonds is 4. The van der Waals surface area contributed by atoms with Gasteiger partial charge in [-0.3, -0.25) is 4.99 Å².